The van der Waals surface area contributed by atoms with E-state index in [-0.39, 0.29) is 18.3 Å². The van der Waals surface area contributed by atoms with Crippen molar-refractivity contribution < 1.29 is 13.5 Å². The lowest BCUT2D eigenvalue weighted by molar-refractivity contribution is -0.133. The van der Waals surface area contributed by atoms with E-state index in [4.69, 9.17) is 16.2 Å². The fraction of sp³-hybridized carbons (Fsp3) is 0.750. The molecule has 4 N–H and O–H groups in total. The van der Waals surface area contributed by atoms with E-state index in [1.54, 1.807) is 11.8 Å². The normalized spacial score (nSPS) is 30.2. The van der Waals surface area contributed by atoms with Gasteiger partial charge < -0.3 is 16.2 Å². The van der Waals surface area contributed by atoms with E-state index >= 15 is 0 Å². The van der Waals surface area contributed by atoms with Gasteiger partial charge in [-0.1, -0.05) is 0 Å². The van der Waals surface area contributed by atoms with Crippen LogP contribution in [-0.4, -0.2) is 54.9 Å². The van der Waals surface area contributed by atoms with E-state index in [9.17, 15) is 8.78 Å². The first kappa shape index (κ1) is 14.2. The topological polar surface area (TPSA) is 76.9 Å². The highest BCUT2D eigenvalue weighted by molar-refractivity contribution is 5.97. The number of halogens is 2. The Morgan fingerprint density at radius 1 is 1.47 bits per heavy atom. The zero-order valence-electron chi connectivity index (χ0n) is 11.0. The Bertz CT molecular complexity index is 393. The van der Waals surface area contributed by atoms with E-state index < -0.39 is 12.0 Å². The molecule has 0 radical (unpaired) electrons. The minimum absolute atomic E-state index is 0.130. The number of aliphatic imine (C=N–C) groups is 1. The zero-order chi connectivity index (χ0) is 14.0. The van der Waals surface area contributed by atoms with Gasteiger partial charge in [-0.15, -0.1) is 0 Å². The number of ether oxygens (including phenoxy) is 1. The number of nitrogens with two attached hydrogens (primary N) is 2. The van der Waals surface area contributed by atoms with Crippen LogP contribution in [0, 0.1) is 0 Å². The molecule has 0 saturated carbocycles. The van der Waals surface area contributed by atoms with Crippen molar-refractivity contribution in [2.75, 3.05) is 26.3 Å². The molecule has 1 unspecified atom stereocenters. The highest BCUT2D eigenvalue weighted by Gasteiger charge is 2.47. The van der Waals surface area contributed by atoms with Crippen molar-refractivity contribution in [3.63, 3.8) is 0 Å². The first-order chi connectivity index (χ1) is 8.94. The second-order valence-corrected chi connectivity index (χ2v) is 5.06. The standard InChI is InChI=1S/C12H20F2N4O/c1-8(10(16)4-15)17-11-2-3-18(7-12(11,13)14)9-5-19-6-9/h4,9,11H,2-3,5-7,15-16H2,1H3. The van der Waals surface area contributed by atoms with Gasteiger partial charge in [0.05, 0.1) is 37.2 Å². The number of hydrogen-bond acceptors (Lipinski definition) is 5. The van der Waals surface area contributed by atoms with Crippen LogP contribution in [-0.2, 0) is 4.74 Å². The predicted molar refractivity (Wildman–Crippen MR) is 69.1 cm³/mol. The van der Waals surface area contributed by atoms with Crippen molar-refractivity contribution in [3.8, 4) is 0 Å². The summed E-state index contributed by atoms with van der Waals surface area (Å²) in [4.78, 5) is 5.82. The van der Waals surface area contributed by atoms with Crippen molar-refractivity contribution >= 4 is 5.71 Å². The van der Waals surface area contributed by atoms with Gasteiger partial charge in [0.25, 0.3) is 5.92 Å². The van der Waals surface area contributed by atoms with Gasteiger partial charge in [0.15, 0.2) is 0 Å². The molecular weight excluding hydrogens is 254 g/mol. The highest BCUT2D eigenvalue weighted by atomic mass is 19.3. The molecule has 1 atom stereocenters. The smallest absolute Gasteiger partial charge is 0.282 e. The molecule has 0 amide bonds. The van der Waals surface area contributed by atoms with Crippen LogP contribution in [0.15, 0.2) is 16.9 Å². The van der Waals surface area contributed by atoms with Crippen LogP contribution in [0.2, 0.25) is 0 Å². The average molecular weight is 274 g/mol. The maximum atomic E-state index is 14.1. The average Bonchev–Trinajstić information content (AvgIpc) is 2.28. The van der Waals surface area contributed by atoms with Crippen LogP contribution in [0.4, 0.5) is 8.78 Å². The second-order valence-electron chi connectivity index (χ2n) is 5.06. The Morgan fingerprint density at radius 3 is 2.63 bits per heavy atom. The molecule has 2 heterocycles. The number of likely N-dealkylation sites (tertiary alicyclic amines) is 1. The first-order valence-corrected chi connectivity index (χ1v) is 6.36. The van der Waals surface area contributed by atoms with Crippen LogP contribution in [0.1, 0.15) is 13.3 Å². The van der Waals surface area contributed by atoms with E-state index in [0.717, 1.165) is 0 Å². The fourth-order valence-corrected chi connectivity index (χ4v) is 2.29. The molecule has 0 bridgehead atoms. The lowest BCUT2D eigenvalue weighted by Crippen LogP contribution is -2.59. The van der Waals surface area contributed by atoms with Crippen molar-refractivity contribution in [1.82, 2.24) is 4.90 Å². The van der Waals surface area contributed by atoms with E-state index in [2.05, 4.69) is 4.99 Å². The number of piperidine rings is 1. The summed E-state index contributed by atoms with van der Waals surface area (Å²) in [7, 11) is 0. The minimum atomic E-state index is -2.84. The van der Waals surface area contributed by atoms with Crippen molar-refractivity contribution in [2.45, 2.75) is 31.4 Å². The third kappa shape index (κ3) is 3.03. The number of rotatable bonds is 3. The summed E-state index contributed by atoms with van der Waals surface area (Å²) < 4.78 is 33.2. The molecule has 0 aromatic carbocycles. The van der Waals surface area contributed by atoms with E-state index in [0.29, 0.717) is 31.9 Å². The second kappa shape index (κ2) is 5.42. The Hall–Kier alpha value is -1.21. The fourth-order valence-electron chi connectivity index (χ4n) is 2.29. The minimum Gasteiger partial charge on any atom is -0.403 e. The van der Waals surface area contributed by atoms with Crippen molar-refractivity contribution in [1.29, 1.82) is 0 Å². The molecule has 0 aromatic heterocycles. The lowest BCUT2D eigenvalue weighted by Gasteiger charge is -2.43. The highest BCUT2D eigenvalue weighted by Crippen LogP contribution is 2.32. The molecule has 0 aromatic rings. The number of hydrogen-bond donors (Lipinski definition) is 2. The molecule has 5 nitrogen and oxygen atoms in total. The summed E-state index contributed by atoms with van der Waals surface area (Å²) in [5, 5.41) is 0. The molecule has 2 aliphatic rings. The van der Waals surface area contributed by atoms with Crippen LogP contribution in [0.5, 0.6) is 0 Å². The Kier molecular flexibility index (Phi) is 4.05. The van der Waals surface area contributed by atoms with Crippen LogP contribution >= 0.6 is 0 Å². The monoisotopic (exact) mass is 274 g/mol. The zero-order valence-corrected chi connectivity index (χ0v) is 11.0. The maximum Gasteiger partial charge on any atom is 0.282 e. The number of nitrogens with zero attached hydrogens (tertiary/aromatic N) is 2. The van der Waals surface area contributed by atoms with Gasteiger partial charge in [0.2, 0.25) is 0 Å². The SMILES string of the molecule is CC(=NC1CCN(C2COC2)CC1(F)F)C(N)=CN. The van der Waals surface area contributed by atoms with Gasteiger partial charge in [-0.05, 0) is 13.3 Å². The lowest BCUT2D eigenvalue weighted by atomic mass is 9.99. The molecule has 0 aliphatic carbocycles. The molecular formula is C12H20F2N4O. The third-order valence-electron chi connectivity index (χ3n) is 3.67. The molecule has 7 heteroatoms. The molecule has 2 fully saturated rings. The van der Waals surface area contributed by atoms with Gasteiger partial charge >= 0.3 is 0 Å². The Balaban J connectivity index is 2.03. The summed E-state index contributed by atoms with van der Waals surface area (Å²) in [5.74, 6) is -2.84. The summed E-state index contributed by atoms with van der Waals surface area (Å²) in [6.45, 7) is 3.03. The molecule has 108 valence electrons. The van der Waals surface area contributed by atoms with Gasteiger partial charge in [-0.3, -0.25) is 9.89 Å². The summed E-state index contributed by atoms with van der Waals surface area (Å²) >= 11 is 0. The molecule has 2 aliphatic heterocycles. The number of allylic oxidation sites excluding steroid dienone is 1. The van der Waals surface area contributed by atoms with Crippen LogP contribution < -0.4 is 11.5 Å². The Labute approximate surface area is 111 Å². The molecule has 2 rings (SSSR count). The van der Waals surface area contributed by atoms with Gasteiger partial charge in [-0.25, -0.2) is 8.78 Å². The summed E-state index contributed by atoms with van der Waals surface area (Å²) in [5.41, 5.74) is 11.4. The van der Waals surface area contributed by atoms with E-state index in [1.807, 2.05) is 0 Å². The quantitative estimate of drug-likeness (QED) is 0.726. The van der Waals surface area contributed by atoms with Crippen molar-refractivity contribution in [2.24, 2.45) is 16.5 Å². The molecule has 2 saturated heterocycles. The third-order valence-corrected chi connectivity index (χ3v) is 3.67. The van der Waals surface area contributed by atoms with E-state index in [1.165, 1.54) is 6.20 Å². The largest absolute Gasteiger partial charge is 0.403 e. The summed E-state index contributed by atoms with van der Waals surface area (Å²) in [6, 6.07) is -0.894. The Morgan fingerprint density at radius 2 is 2.16 bits per heavy atom. The van der Waals surface area contributed by atoms with Crippen molar-refractivity contribution in [3.05, 3.63) is 11.9 Å². The molecule has 19 heavy (non-hydrogen) atoms. The first-order valence-electron chi connectivity index (χ1n) is 6.36. The van der Waals surface area contributed by atoms with Gasteiger partial charge in [-0.2, -0.15) is 0 Å². The van der Waals surface area contributed by atoms with Gasteiger partial charge in [0, 0.05) is 12.7 Å². The predicted octanol–water partition coefficient (Wildman–Crippen LogP) is 0.315. The molecule has 0 spiro atoms. The summed E-state index contributed by atoms with van der Waals surface area (Å²) in [6.07, 6.45) is 1.50. The maximum absolute atomic E-state index is 14.1. The van der Waals surface area contributed by atoms with Crippen LogP contribution in [0.3, 0.4) is 0 Å². The van der Waals surface area contributed by atoms with Crippen LogP contribution in [0.25, 0.3) is 0 Å². The van der Waals surface area contributed by atoms with Gasteiger partial charge in [0.1, 0.15) is 6.04 Å². The number of alkyl halides is 2.